The van der Waals surface area contributed by atoms with Crippen LogP contribution < -0.4 is 10.1 Å². The summed E-state index contributed by atoms with van der Waals surface area (Å²) >= 11 is 0. The normalized spacial score (nSPS) is 27.2. The van der Waals surface area contributed by atoms with E-state index in [1.807, 2.05) is 6.92 Å². The SMILES string of the molecule is CCCCNC(=O)c1cc(CO)ccc1O[C@@H]1O[C@H](C(=O)O)[C@@H](O)[C@H](O)[C@H]1O. The van der Waals surface area contributed by atoms with E-state index in [9.17, 15) is 30.0 Å². The monoisotopic (exact) mass is 399 g/mol. The van der Waals surface area contributed by atoms with Crippen molar-refractivity contribution in [3.05, 3.63) is 29.3 Å². The average molecular weight is 399 g/mol. The van der Waals surface area contributed by atoms with E-state index in [1.165, 1.54) is 18.2 Å². The molecule has 10 nitrogen and oxygen atoms in total. The molecule has 10 heteroatoms. The standard InChI is InChI=1S/C18H25NO9/c1-2-3-6-19-16(24)10-7-9(8-20)4-5-11(10)27-18-14(23)12(21)13(22)15(28-18)17(25)26/h4-5,7,12-15,18,20-23H,2-3,6,8H2,1H3,(H,19,24)(H,25,26)/t12-,13-,14+,15-,18+/m0/s1. The zero-order valence-corrected chi connectivity index (χ0v) is 15.3. The minimum Gasteiger partial charge on any atom is -0.479 e. The second kappa shape index (κ2) is 9.80. The quantitative estimate of drug-likeness (QED) is 0.300. The second-order valence-electron chi connectivity index (χ2n) is 6.45. The number of hydrogen-bond acceptors (Lipinski definition) is 8. The Morgan fingerprint density at radius 1 is 1.18 bits per heavy atom. The molecule has 0 aliphatic carbocycles. The van der Waals surface area contributed by atoms with Gasteiger partial charge in [0.15, 0.2) is 6.10 Å². The summed E-state index contributed by atoms with van der Waals surface area (Å²) in [5.41, 5.74) is 0.489. The van der Waals surface area contributed by atoms with E-state index in [0.29, 0.717) is 12.1 Å². The molecule has 0 unspecified atom stereocenters. The van der Waals surface area contributed by atoms with Crippen LogP contribution in [0.1, 0.15) is 35.7 Å². The molecule has 1 aliphatic rings. The zero-order chi connectivity index (χ0) is 20.8. The van der Waals surface area contributed by atoms with Crippen LogP contribution >= 0.6 is 0 Å². The van der Waals surface area contributed by atoms with Crippen molar-refractivity contribution in [1.82, 2.24) is 5.32 Å². The van der Waals surface area contributed by atoms with Crippen molar-refractivity contribution in [2.45, 2.75) is 57.1 Å². The molecule has 0 aromatic heterocycles. The van der Waals surface area contributed by atoms with Gasteiger partial charge in [-0.2, -0.15) is 0 Å². The lowest BCUT2D eigenvalue weighted by Crippen LogP contribution is -2.61. The van der Waals surface area contributed by atoms with Crippen LogP contribution in [0.15, 0.2) is 18.2 Å². The lowest BCUT2D eigenvalue weighted by atomic mass is 9.99. The summed E-state index contributed by atoms with van der Waals surface area (Å²) in [7, 11) is 0. The predicted molar refractivity (Wildman–Crippen MR) is 94.6 cm³/mol. The maximum atomic E-state index is 12.5. The van der Waals surface area contributed by atoms with Crippen LogP contribution in [0, 0.1) is 0 Å². The van der Waals surface area contributed by atoms with Gasteiger partial charge in [-0.15, -0.1) is 0 Å². The molecule has 1 saturated heterocycles. The van der Waals surface area contributed by atoms with Gasteiger partial charge >= 0.3 is 5.97 Å². The number of benzene rings is 1. The molecule has 1 heterocycles. The van der Waals surface area contributed by atoms with E-state index in [1.54, 1.807) is 0 Å². The number of carbonyl (C=O) groups excluding carboxylic acids is 1. The third kappa shape index (κ3) is 4.97. The third-order valence-corrected chi connectivity index (χ3v) is 4.34. The maximum absolute atomic E-state index is 12.5. The Morgan fingerprint density at radius 3 is 2.50 bits per heavy atom. The van der Waals surface area contributed by atoms with E-state index < -0.39 is 42.6 Å². The number of rotatable bonds is 8. The molecule has 1 aromatic carbocycles. The van der Waals surface area contributed by atoms with E-state index >= 15 is 0 Å². The molecule has 0 saturated carbocycles. The van der Waals surface area contributed by atoms with Crippen molar-refractivity contribution in [2.24, 2.45) is 0 Å². The van der Waals surface area contributed by atoms with Crippen molar-refractivity contribution < 1.29 is 44.6 Å². The molecule has 0 radical (unpaired) electrons. The smallest absolute Gasteiger partial charge is 0.335 e. The Balaban J connectivity index is 2.26. The zero-order valence-electron chi connectivity index (χ0n) is 15.3. The highest BCUT2D eigenvalue weighted by molar-refractivity contribution is 5.97. The highest BCUT2D eigenvalue weighted by Gasteiger charge is 2.48. The van der Waals surface area contributed by atoms with Gasteiger partial charge in [0.25, 0.3) is 5.91 Å². The van der Waals surface area contributed by atoms with Gasteiger partial charge in [-0.1, -0.05) is 19.4 Å². The molecule has 1 aromatic rings. The summed E-state index contributed by atoms with van der Waals surface area (Å²) in [6.07, 6.45) is -7.24. The topological polar surface area (TPSA) is 166 Å². The first-order valence-electron chi connectivity index (χ1n) is 8.91. The molecule has 0 spiro atoms. The summed E-state index contributed by atoms with van der Waals surface area (Å²) < 4.78 is 10.5. The van der Waals surface area contributed by atoms with Gasteiger partial charge in [-0.05, 0) is 24.1 Å². The number of ether oxygens (including phenoxy) is 2. The fraction of sp³-hybridized carbons (Fsp3) is 0.556. The first-order chi connectivity index (χ1) is 13.3. The Bertz CT molecular complexity index is 696. The summed E-state index contributed by atoms with van der Waals surface area (Å²) in [4.78, 5) is 23.7. The van der Waals surface area contributed by atoms with Gasteiger partial charge in [0, 0.05) is 6.54 Å². The van der Waals surface area contributed by atoms with Crippen molar-refractivity contribution in [3.8, 4) is 5.75 Å². The Morgan fingerprint density at radius 2 is 1.89 bits per heavy atom. The van der Waals surface area contributed by atoms with Crippen LogP contribution in [0.3, 0.4) is 0 Å². The summed E-state index contributed by atoms with van der Waals surface area (Å²) in [5.74, 6) is -2.07. The molecule has 1 fully saturated rings. The summed E-state index contributed by atoms with van der Waals surface area (Å²) in [5, 5.41) is 50.8. The highest BCUT2D eigenvalue weighted by Crippen LogP contribution is 2.27. The van der Waals surface area contributed by atoms with Crippen LogP contribution in [0.5, 0.6) is 5.75 Å². The average Bonchev–Trinajstić information content (AvgIpc) is 2.68. The van der Waals surface area contributed by atoms with Crippen LogP contribution in [0.2, 0.25) is 0 Å². The number of unbranched alkanes of at least 4 members (excludes halogenated alkanes) is 1. The van der Waals surface area contributed by atoms with Crippen molar-refractivity contribution in [2.75, 3.05) is 6.54 Å². The molecule has 1 amide bonds. The first kappa shape index (κ1) is 22.1. The third-order valence-electron chi connectivity index (χ3n) is 4.34. The Kier molecular flexibility index (Phi) is 7.72. The largest absolute Gasteiger partial charge is 0.479 e. The first-order valence-corrected chi connectivity index (χ1v) is 8.91. The number of carboxylic acids is 1. The lowest BCUT2D eigenvalue weighted by molar-refractivity contribution is -0.271. The molecule has 28 heavy (non-hydrogen) atoms. The fourth-order valence-corrected chi connectivity index (χ4v) is 2.70. The van der Waals surface area contributed by atoms with Crippen LogP contribution in [0.4, 0.5) is 0 Å². The molecule has 156 valence electrons. The van der Waals surface area contributed by atoms with Crippen molar-refractivity contribution >= 4 is 11.9 Å². The van der Waals surface area contributed by atoms with Crippen LogP contribution in [0.25, 0.3) is 0 Å². The predicted octanol–water partition coefficient (Wildman–Crippen LogP) is -1.02. The maximum Gasteiger partial charge on any atom is 0.335 e. The number of carbonyl (C=O) groups is 2. The Labute approximate surface area is 161 Å². The minimum absolute atomic E-state index is 0.0389. The molecular formula is C18H25NO9. The number of aliphatic hydroxyl groups is 4. The van der Waals surface area contributed by atoms with Crippen LogP contribution in [-0.4, -0.2) is 74.7 Å². The van der Waals surface area contributed by atoms with Crippen molar-refractivity contribution in [1.29, 1.82) is 0 Å². The van der Waals surface area contributed by atoms with Gasteiger partial charge in [0.1, 0.15) is 24.1 Å². The number of amides is 1. The van der Waals surface area contributed by atoms with Crippen LogP contribution in [-0.2, 0) is 16.1 Å². The van der Waals surface area contributed by atoms with Gasteiger partial charge in [0.05, 0.1) is 12.2 Å². The molecule has 5 atom stereocenters. The molecule has 1 aliphatic heterocycles. The number of hydrogen-bond donors (Lipinski definition) is 6. The highest BCUT2D eigenvalue weighted by atomic mass is 16.7. The molecule has 2 rings (SSSR count). The summed E-state index contributed by atoms with van der Waals surface area (Å²) in [6, 6.07) is 4.24. The Hall–Kier alpha value is -2.24. The number of carboxylic acid groups (broad SMARTS) is 1. The molecule has 6 N–H and O–H groups in total. The lowest BCUT2D eigenvalue weighted by Gasteiger charge is -2.38. The van der Waals surface area contributed by atoms with Gasteiger partial charge < -0.3 is 40.3 Å². The second-order valence-corrected chi connectivity index (χ2v) is 6.45. The minimum atomic E-state index is -1.85. The fourth-order valence-electron chi connectivity index (χ4n) is 2.70. The van der Waals surface area contributed by atoms with E-state index in [-0.39, 0.29) is 17.9 Å². The van der Waals surface area contributed by atoms with E-state index in [2.05, 4.69) is 5.32 Å². The molecular weight excluding hydrogens is 374 g/mol. The number of nitrogens with one attached hydrogen (secondary N) is 1. The van der Waals surface area contributed by atoms with E-state index in [4.69, 9.17) is 14.6 Å². The number of aliphatic carboxylic acids is 1. The van der Waals surface area contributed by atoms with Gasteiger partial charge in [-0.25, -0.2) is 4.79 Å². The summed E-state index contributed by atoms with van der Waals surface area (Å²) in [6.45, 7) is 2.07. The van der Waals surface area contributed by atoms with Gasteiger partial charge in [-0.3, -0.25) is 4.79 Å². The van der Waals surface area contributed by atoms with Crippen molar-refractivity contribution in [3.63, 3.8) is 0 Å². The van der Waals surface area contributed by atoms with Gasteiger partial charge in [0.2, 0.25) is 6.29 Å². The number of aliphatic hydroxyl groups excluding tert-OH is 4. The molecule has 0 bridgehead atoms. The van der Waals surface area contributed by atoms with E-state index in [0.717, 1.165) is 12.8 Å².